The molecule has 166 valence electrons. The number of anilines is 1. The first kappa shape index (κ1) is 23.3. The number of rotatable bonds is 6. The molecule has 0 radical (unpaired) electrons. The van der Waals surface area contributed by atoms with Gasteiger partial charge in [0.2, 0.25) is 10.0 Å². The summed E-state index contributed by atoms with van der Waals surface area (Å²) in [7, 11) is -3.79. The molecule has 0 atom stereocenters. The maximum absolute atomic E-state index is 12.8. The van der Waals surface area contributed by atoms with Crippen LogP contribution in [0.2, 0.25) is 10.0 Å². The normalized spacial score (nSPS) is 14.8. The van der Waals surface area contributed by atoms with Crippen LogP contribution >= 0.6 is 23.2 Å². The van der Waals surface area contributed by atoms with Crippen LogP contribution in [-0.4, -0.2) is 62.6 Å². The fourth-order valence-corrected chi connectivity index (χ4v) is 4.54. The van der Waals surface area contributed by atoms with Crippen LogP contribution in [0.3, 0.4) is 0 Å². The third-order valence-electron chi connectivity index (χ3n) is 4.33. The van der Waals surface area contributed by atoms with Gasteiger partial charge in [-0.3, -0.25) is 4.79 Å². The summed E-state index contributed by atoms with van der Waals surface area (Å²) in [5, 5.41) is 12.4. The molecule has 1 heterocycles. The lowest BCUT2D eigenvalue weighted by Gasteiger charge is -2.26. The van der Waals surface area contributed by atoms with Crippen LogP contribution in [0.5, 0.6) is 5.75 Å². The molecular formula is C19H18Cl2N2O7S. The van der Waals surface area contributed by atoms with Gasteiger partial charge >= 0.3 is 5.97 Å². The van der Waals surface area contributed by atoms with Gasteiger partial charge in [-0.25, -0.2) is 13.2 Å². The molecule has 1 amide bonds. The molecule has 0 spiro atoms. The minimum atomic E-state index is -3.79. The number of carbonyl (C=O) groups excluding carboxylic acids is 2. The van der Waals surface area contributed by atoms with Crippen LogP contribution in [-0.2, 0) is 24.3 Å². The number of phenolic OH excluding ortho intramolecular Hbond substituents is 1. The van der Waals surface area contributed by atoms with E-state index in [1.807, 2.05) is 0 Å². The summed E-state index contributed by atoms with van der Waals surface area (Å²) in [6.45, 7) is 0.341. The zero-order valence-electron chi connectivity index (χ0n) is 16.0. The maximum Gasteiger partial charge on any atom is 0.342 e. The number of halogens is 2. The number of ether oxygens (including phenoxy) is 2. The molecule has 1 fully saturated rings. The monoisotopic (exact) mass is 488 g/mol. The Bertz CT molecular complexity index is 1100. The summed E-state index contributed by atoms with van der Waals surface area (Å²) in [6.07, 6.45) is 0. The molecule has 0 unspecified atom stereocenters. The average molecular weight is 489 g/mol. The van der Waals surface area contributed by atoms with Crippen molar-refractivity contribution in [3.05, 3.63) is 52.0 Å². The van der Waals surface area contributed by atoms with Gasteiger partial charge in [-0.2, -0.15) is 4.31 Å². The molecule has 1 aliphatic rings. The van der Waals surface area contributed by atoms with Crippen LogP contribution in [0.25, 0.3) is 0 Å². The number of amides is 1. The Morgan fingerprint density at radius 3 is 2.55 bits per heavy atom. The van der Waals surface area contributed by atoms with Crippen molar-refractivity contribution < 1.29 is 32.6 Å². The first-order chi connectivity index (χ1) is 14.7. The Morgan fingerprint density at radius 1 is 1.13 bits per heavy atom. The number of hydrogen-bond acceptors (Lipinski definition) is 7. The number of esters is 1. The standard InChI is InChI=1S/C19H18Cl2N2O7S/c20-12-1-4-17(24)14(9-12)19(26)30-11-18(25)22-16-10-13(2-3-15(16)21)31(27,28)23-5-7-29-8-6-23/h1-4,9-10,24H,5-8,11H2,(H,22,25). The summed E-state index contributed by atoms with van der Waals surface area (Å²) in [5.41, 5.74) is -0.153. The van der Waals surface area contributed by atoms with Crippen molar-refractivity contribution in [3.8, 4) is 5.75 Å². The second-order valence-corrected chi connectivity index (χ2v) is 9.23. The Kier molecular flexibility index (Phi) is 7.39. The SMILES string of the molecule is O=C(COC(=O)c1cc(Cl)ccc1O)Nc1cc(S(=O)(=O)N2CCOCC2)ccc1Cl. The van der Waals surface area contributed by atoms with E-state index in [-0.39, 0.29) is 45.0 Å². The van der Waals surface area contributed by atoms with Gasteiger partial charge in [0.05, 0.1) is 28.8 Å². The van der Waals surface area contributed by atoms with Crippen molar-refractivity contribution in [2.45, 2.75) is 4.90 Å². The molecule has 12 heteroatoms. The minimum Gasteiger partial charge on any atom is -0.507 e. The van der Waals surface area contributed by atoms with Gasteiger partial charge in [-0.05, 0) is 36.4 Å². The number of benzene rings is 2. The summed E-state index contributed by atoms with van der Waals surface area (Å²) in [6, 6.07) is 7.73. The van der Waals surface area contributed by atoms with Gasteiger partial charge in [-0.15, -0.1) is 0 Å². The fraction of sp³-hybridized carbons (Fsp3) is 0.263. The van der Waals surface area contributed by atoms with E-state index < -0.39 is 28.5 Å². The van der Waals surface area contributed by atoms with Crippen molar-refractivity contribution in [3.63, 3.8) is 0 Å². The molecule has 0 bridgehead atoms. The van der Waals surface area contributed by atoms with Gasteiger partial charge in [-0.1, -0.05) is 23.2 Å². The lowest BCUT2D eigenvalue weighted by molar-refractivity contribution is -0.119. The van der Waals surface area contributed by atoms with Crippen molar-refractivity contribution in [1.82, 2.24) is 4.31 Å². The van der Waals surface area contributed by atoms with E-state index >= 15 is 0 Å². The zero-order chi connectivity index (χ0) is 22.6. The predicted molar refractivity (Wildman–Crippen MR) is 113 cm³/mol. The highest BCUT2D eigenvalue weighted by Gasteiger charge is 2.27. The second-order valence-electron chi connectivity index (χ2n) is 6.44. The van der Waals surface area contributed by atoms with Crippen LogP contribution in [0.4, 0.5) is 5.69 Å². The molecular weight excluding hydrogens is 471 g/mol. The zero-order valence-corrected chi connectivity index (χ0v) is 18.3. The third kappa shape index (κ3) is 5.66. The van der Waals surface area contributed by atoms with E-state index in [1.54, 1.807) is 0 Å². The Morgan fingerprint density at radius 2 is 1.84 bits per heavy atom. The molecule has 1 aliphatic heterocycles. The number of nitrogens with one attached hydrogen (secondary N) is 1. The van der Waals surface area contributed by atoms with Crippen molar-refractivity contribution in [1.29, 1.82) is 0 Å². The summed E-state index contributed by atoms with van der Waals surface area (Å²) >= 11 is 11.9. The Balaban J connectivity index is 1.68. The molecule has 0 aliphatic carbocycles. The molecule has 9 nitrogen and oxygen atoms in total. The largest absolute Gasteiger partial charge is 0.507 e. The number of morpholine rings is 1. The molecule has 0 saturated carbocycles. The smallest absolute Gasteiger partial charge is 0.342 e. The number of nitrogens with zero attached hydrogens (tertiary/aromatic N) is 1. The van der Waals surface area contributed by atoms with E-state index in [0.29, 0.717) is 13.2 Å². The van der Waals surface area contributed by atoms with Gasteiger partial charge in [0, 0.05) is 18.1 Å². The van der Waals surface area contributed by atoms with Crippen LogP contribution < -0.4 is 5.32 Å². The first-order valence-corrected chi connectivity index (χ1v) is 11.2. The minimum absolute atomic E-state index is 0.0441. The van der Waals surface area contributed by atoms with Crippen molar-refractivity contribution >= 4 is 50.8 Å². The van der Waals surface area contributed by atoms with E-state index in [2.05, 4.69) is 5.32 Å². The second kappa shape index (κ2) is 9.84. The molecule has 31 heavy (non-hydrogen) atoms. The summed E-state index contributed by atoms with van der Waals surface area (Å²) < 4.78 is 36.9. The highest BCUT2D eigenvalue weighted by molar-refractivity contribution is 7.89. The summed E-state index contributed by atoms with van der Waals surface area (Å²) in [5.74, 6) is -2.05. The number of carbonyl (C=O) groups is 2. The molecule has 1 saturated heterocycles. The highest BCUT2D eigenvalue weighted by Crippen LogP contribution is 2.27. The van der Waals surface area contributed by atoms with Crippen LogP contribution in [0, 0.1) is 0 Å². The predicted octanol–water partition coefficient (Wildman–Crippen LogP) is 2.52. The third-order valence-corrected chi connectivity index (χ3v) is 6.79. The van der Waals surface area contributed by atoms with E-state index in [9.17, 15) is 23.1 Å². The van der Waals surface area contributed by atoms with Gasteiger partial charge < -0.3 is 19.9 Å². The van der Waals surface area contributed by atoms with Gasteiger partial charge in [0.15, 0.2) is 6.61 Å². The number of phenols is 1. The van der Waals surface area contributed by atoms with Crippen molar-refractivity contribution in [2.24, 2.45) is 0 Å². The molecule has 3 rings (SSSR count). The number of aromatic hydroxyl groups is 1. The Hall–Kier alpha value is -2.37. The lowest BCUT2D eigenvalue weighted by atomic mass is 10.2. The van der Waals surface area contributed by atoms with E-state index in [4.69, 9.17) is 32.7 Å². The first-order valence-electron chi connectivity index (χ1n) is 9.01. The molecule has 0 aromatic heterocycles. The number of hydrogen-bond donors (Lipinski definition) is 2. The fourth-order valence-electron chi connectivity index (χ4n) is 2.76. The van der Waals surface area contributed by atoms with E-state index in [0.717, 1.165) is 0 Å². The summed E-state index contributed by atoms with van der Waals surface area (Å²) in [4.78, 5) is 24.2. The van der Waals surface area contributed by atoms with Crippen LogP contribution in [0.15, 0.2) is 41.3 Å². The van der Waals surface area contributed by atoms with Gasteiger partial charge in [0.25, 0.3) is 5.91 Å². The molecule has 2 aromatic rings. The van der Waals surface area contributed by atoms with E-state index in [1.165, 1.54) is 40.7 Å². The topological polar surface area (TPSA) is 122 Å². The quantitative estimate of drug-likeness (QED) is 0.598. The maximum atomic E-state index is 12.8. The van der Waals surface area contributed by atoms with Gasteiger partial charge in [0.1, 0.15) is 11.3 Å². The molecule has 2 N–H and O–H groups in total. The number of sulfonamides is 1. The highest BCUT2D eigenvalue weighted by atomic mass is 35.5. The van der Waals surface area contributed by atoms with Crippen molar-refractivity contribution in [2.75, 3.05) is 38.2 Å². The Labute approximate surface area is 188 Å². The molecule has 2 aromatic carbocycles. The van der Waals surface area contributed by atoms with Crippen LogP contribution in [0.1, 0.15) is 10.4 Å². The lowest BCUT2D eigenvalue weighted by Crippen LogP contribution is -2.40. The average Bonchev–Trinajstić information content (AvgIpc) is 2.75.